The van der Waals surface area contributed by atoms with Crippen molar-refractivity contribution in [1.29, 1.82) is 0 Å². The summed E-state index contributed by atoms with van der Waals surface area (Å²) in [6, 6.07) is 2.12. The van der Waals surface area contributed by atoms with E-state index in [1.165, 1.54) is 11.3 Å². The van der Waals surface area contributed by atoms with Gasteiger partial charge in [0.1, 0.15) is 0 Å². The van der Waals surface area contributed by atoms with Crippen LogP contribution in [-0.2, 0) is 14.4 Å². The lowest BCUT2D eigenvalue weighted by atomic mass is 9.92. The average Bonchev–Trinajstić information content (AvgIpc) is 2.81. The van der Waals surface area contributed by atoms with Crippen molar-refractivity contribution >= 4 is 29.1 Å². The second-order valence-corrected chi connectivity index (χ2v) is 5.87. The van der Waals surface area contributed by atoms with Gasteiger partial charge in [-0.15, -0.1) is 11.3 Å². The highest BCUT2D eigenvalue weighted by atomic mass is 32.1. The number of hydrogen-bond acceptors (Lipinski definition) is 4. The average molecular weight is 267 g/mol. The molecule has 1 aliphatic heterocycles. The number of imide groups is 1. The topological polar surface area (TPSA) is 74.7 Å². The molecule has 1 aromatic heterocycles. The monoisotopic (exact) mass is 267 g/mol. The highest BCUT2D eigenvalue weighted by molar-refractivity contribution is 7.10. The van der Waals surface area contributed by atoms with Crippen LogP contribution in [0, 0.1) is 5.41 Å². The summed E-state index contributed by atoms with van der Waals surface area (Å²) in [4.78, 5) is 36.7. The normalized spacial score (nSPS) is 20.2. The third-order valence-corrected chi connectivity index (χ3v) is 3.89. The molecule has 0 saturated carbocycles. The molecule has 2 heterocycles. The minimum absolute atomic E-state index is 0.0565. The molecule has 1 atom stereocenters. The van der Waals surface area contributed by atoms with Crippen molar-refractivity contribution in [2.75, 3.05) is 0 Å². The van der Waals surface area contributed by atoms with Crippen molar-refractivity contribution in [2.24, 2.45) is 5.41 Å². The summed E-state index contributed by atoms with van der Waals surface area (Å²) >= 11 is 1.22. The van der Waals surface area contributed by atoms with Crippen LogP contribution in [0.4, 0.5) is 0 Å². The van der Waals surface area contributed by atoms with Gasteiger partial charge in [0.2, 0.25) is 11.8 Å². The van der Waals surface area contributed by atoms with Crippen LogP contribution < -0.4 is 0 Å². The first-order valence-electron chi connectivity index (χ1n) is 5.47. The van der Waals surface area contributed by atoms with Gasteiger partial charge in [-0.25, -0.2) is 4.79 Å². The van der Waals surface area contributed by atoms with Gasteiger partial charge < -0.3 is 5.11 Å². The van der Waals surface area contributed by atoms with Crippen LogP contribution in [0.3, 0.4) is 0 Å². The number of nitrogens with zero attached hydrogens (tertiary/aromatic N) is 1. The van der Waals surface area contributed by atoms with Crippen molar-refractivity contribution < 1.29 is 19.5 Å². The third-order valence-electron chi connectivity index (χ3n) is 2.96. The first-order chi connectivity index (χ1) is 8.34. The molecule has 0 spiro atoms. The van der Waals surface area contributed by atoms with E-state index in [0.717, 1.165) is 4.90 Å². The molecule has 5 nitrogen and oxygen atoms in total. The lowest BCUT2D eigenvalue weighted by molar-refractivity contribution is -0.155. The molecule has 0 aromatic carbocycles. The van der Waals surface area contributed by atoms with Gasteiger partial charge >= 0.3 is 5.97 Å². The Bertz CT molecular complexity index is 506. The molecule has 0 bridgehead atoms. The van der Waals surface area contributed by atoms with Crippen LogP contribution >= 0.6 is 11.3 Å². The molecule has 1 aliphatic rings. The van der Waals surface area contributed by atoms with Crippen molar-refractivity contribution in [3.8, 4) is 0 Å². The van der Waals surface area contributed by atoms with Crippen LogP contribution in [-0.4, -0.2) is 27.8 Å². The predicted octanol–water partition coefficient (Wildman–Crippen LogP) is 1.66. The fourth-order valence-corrected chi connectivity index (χ4v) is 2.85. The number of carbonyl (C=O) groups excluding carboxylic acids is 2. The predicted molar refractivity (Wildman–Crippen MR) is 64.9 cm³/mol. The number of rotatable bonds is 3. The Labute approximate surface area is 108 Å². The van der Waals surface area contributed by atoms with Gasteiger partial charge in [-0.3, -0.25) is 14.5 Å². The Morgan fingerprint density at radius 3 is 2.56 bits per heavy atom. The summed E-state index contributed by atoms with van der Waals surface area (Å²) in [5, 5.41) is 11.0. The van der Waals surface area contributed by atoms with Crippen molar-refractivity contribution in [3.63, 3.8) is 0 Å². The smallest absolute Gasteiger partial charge is 0.332 e. The molecule has 2 amide bonds. The van der Waals surface area contributed by atoms with Crippen LogP contribution in [0.1, 0.15) is 31.2 Å². The summed E-state index contributed by atoms with van der Waals surface area (Å²) in [5.41, 5.74) is -0.817. The van der Waals surface area contributed by atoms with Crippen molar-refractivity contribution in [1.82, 2.24) is 4.90 Å². The number of carboxylic acid groups (broad SMARTS) is 1. The first-order valence-corrected chi connectivity index (χ1v) is 6.35. The summed E-state index contributed by atoms with van der Waals surface area (Å²) in [6.45, 7) is 3.31. The maximum Gasteiger partial charge on any atom is 0.332 e. The number of aliphatic carboxylic acids is 1. The number of carbonyl (C=O) groups is 3. The highest BCUT2D eigenvalue weighted by Gasteiger charge is 2.50. The standard InChI is InChI=1S/C12H13NO4S/c1-12(2)6-8(14)13(11(12)17)9(10(15)16)7-4-3-5-18-7/h3-5,9H,6H2,1-2H3,(H,15,16). The Balaban J connectivity index is 2.42. The molecule has 1 saturated heterocycles. The second kappa shape index (κ2) is 4.20. The van der Waals surface area contributed by atoms with Crippen LogP contribution in [0.5, 0.6) is 0 Å². The van der Waals surface area contributed by atoms with Gasteiger partial charge in [-0.05, 0) is 11.4 Å². The lowest BCUT2D eigenvalue weighted by Crippen LogP contribution is -2.39. The Morgan fingerprint density at radius 1 is 1.50 bits per heavy atom. The summed E-state index contributed by atoms with van der Waals surface area (Å²) in [7, 11) is 0. The number of likely N-dealkylation sites (tertiary alicyclic amines) is 1. The molecule has 2 rings (SSSR count). The van der Waals surface area contributed by atoms with Crippen LogP contribution in [0.2, 0.25) is 0 Å². The molecule has 18 heavy (non-hydrogen) atoms. The molecule has 6 heteroatoms. The van der Waals surface area contributed by atoms with Gasteiger partial charge in [0.25, 0.3) is 0 Å². The van der Waals surface area contributed by atoms with E-state index in [-0.39, 0.29) is 6.42 Å². The zero-order valence-electron chi connectivity index (χ0n) is 10.0. The van der Waals surface area contributed by atoms with E-state index in [2.05, 4.69) is 0 Å². The highest BCUT2D eigenvalue weighted by Crippen LogP contribution is 2.38. The Morgan fingerprint density at radius 2 is 2.17 bits per heavy atom. The molecule has 1 fully saturated rings. The molecule has 1 N–H and O–H groups in total. The number of carboxylic acids is 1. The number of thiophene rings is 1. The molecule has 1 unspecified atom stereocenters. The molecular formula is C12H13NO4S. The third kappa shape index (κ3) is 1.92. The van der Waals surface area contributed by atoms with E-state index in [9.17, 15) is 19.5 Å². The van der Waals surface area contributed by atoms with E-state index in [1.54, 1.807) is 31.4 Å². The molecular weight excluding hydrogens is 254 g/mol. The quantitative estimate of drug-likeness (QED) is 0.845. The van der Waals surface area contributed by atoms with Gasteiger partial charge in [-0.2, -0.15) is 0 Å². The molecule has 0 radical (unpaired) electrons. The van der Waals surface area contributed by atoms with E-state index in [0.29, 0.717) is 4.88 Å². The fourth-order valence-electron chi connectivity index (χ4n) is 2.05. The minimum Gasteiger partial charge on any atom is -0.479 e. The minimum atomic E-state index is -1.20. The zero-order chi connectivity index (χ0) is 13.5. The summed E-state index contributed by atoms with van der Waals surface area (Å²) in [6.07, 6.45) is 0.0565. The SMILES string of the molecule is CC1(C)CC(=O)N(C(C(=O)O)c2cccs2)C1=O. The number of amides is 2. The van der Waals surface area contributed by atoms with Gasteiger partial charge in [0, 0.05) is 11.3 Å². The van der Waals surface area contributed by atoms with Crippen molar-refractivity contribution in [2.45, 2.75) is 26.3 Å². The molecule has 1 aromatic rings. The molecule has 0 aliphatic carbocycles. The van der Waals surface area contributed by atoms with Gasteiger partial charge in [0.15, 0.2) is 6.04 Å². The van der Waals surface area contributed by atoms with Crippen LogP contribution in [0.15, 0.2) is 17.5 Å². The van der Waals surface area contributed by atoms with E-state index in [1.807, 2.05) is 0 Å². The second-order valence-electron chi connectivity index (χ2n) is 4.89. The van der Waals surface area contributed by atoms with E-state index >= 15 is 0 Å². The largest absolute Gasteiger partial charge is 0.479 e. The first kappa shape index (κ1) is 12.8. The maximum atomic E-state index is 12.1. The summed E-state index contributed by atoms with van der Waals surface area (Å²) in [5.74, 6) is -2.03. The number of hydrogen-bond donors (Lipinski definition) is 1. The van der Waals surface area contributed by atoms with E-state index in [4.69, 9.17) is 0 Å². The van der Waals surface area contributed by atoms with Crippen molar-refractivity contribution in [3.05, 3.63) is 22.4 Å². The zero-order valence-corrected chi connectivity index (χ0v) is 10.9. The maximum absolute atomic E-state index is 12.1. The van der Waals surface area contributed by atoms with Gasteiger partial charge in [0.05, 0.1) is 5.41 Å². The van der Waals surface area contributed by atoms with E-state index < -0.39 is 29.2 Å². The fraction of sp³-hybridized carbons (Fsp3) is 0.417. The summed E-state index contributed by atoms with van der Waals surface area (Å²) < 4.78 is 0. The Hall–Kier alpha value is -1.69. The van der Waals surface area contributed by atoms with Crippen LogP contribution in [0.25, 0.3) is 0 Å². The molecule has 96 valence electrons. The lowest BCUT2D eigenvalue weighted by Gasteiger charge is -2.23. The van der Waals surface area contributed by atoms with Gasteiger partial charge in [-0.1, -0.05) is 19.9 Å². The Kier molecular flexibility index (Phi) is 2.98.